The molecule has 0 aliphatic carbocycles. The normalized spacial score (nSPS) is 12.5. The van der Waals surface area contributed by atoms with Crippen LogP contribution in [0.25, 0.3) is 27.2 Å². The lowest BCUT2D eigenvalue weighted by atomic mass is 10.1. The molecule has 0 bridgehead atoms. The van der Waals surface area contributed by atoms with Gasteiger partial charge in [0.2, 0.25) is 0 Å². The molecule has 0 aliphatic heterocycles. The number of nitrogens with zero attached hydrogens (tertiary/aromatic N) is 5. The molecule has 10 nitrogen and oxygen atoms in total. The first-order chi connectivity index (χ1) is 19.7. The van der Waals surface area contributed by atoms with E-state index in [0.29, 0.717) is 34.9 Å². The van der Waals surface area contributed by atoms with Gasteiger partial charge in [-0.3, -0.25) is 0 Å². The molecule has 0 unspecified atom stereocenters. The Morgan fingerprint density at radius 1 is 1.15 bits per heavy atom. The van der Waals surface area contributed by atoms with Crippen LogP contribution in [0.2, 0.25) is 0 Å². The molecule has 0 aliphatic rings. The molecular weight excluding hydrogens is 562 g/mol. The van der Waals surface area contributed by atoms with Crippen LogP contribution in [0.5, 0.6) is 5.75 Å². The summed E-state index contributed by atoms with van der Waals surface area (Å²) in [7, 11) is -1.65. The summed E-state index contributed by atoms with van der Waals surface area (Å²) in [6, 6.07) is 11.6. The van der Waals surface area contributed by atoms with E-state index in [-0.39, 0.29) is 25.7 Å². The first-order valence-corrected chi connectivity index (χ1v) is 15.5. The molecular formula is C29H33N5O5S2. The third-order valence-corrected chi connectivity index (χ3v) is 10.7. The van der Waals surface area contributed by atoms with Gasteiger partial charge in [0.05, 0.1) is 54.1 Å². The molecule has 0 fully saturated rings. The highest BCUT2D eigenvalue weighted by molar-refractivity contribution is 7.92. The average molecular weight is 596 g/mol. The summed E-state index contributed by atoms with van der Waals surface area (Å²) in [6.07, 6.45) is 7.03. The second-order valence-corrected chi connectivity index (χ2v) is 13.7. The van der Waals surface area contributed by atoms with Crippen LogP contribution in [0.15, 0.2) is 55.1 Å². The van der Waals surface area contributed by atoms with Crippen molar-refractivity contribution in [3.63, 3.8) is 0 Å². The molecule has 3 heterocycles. The number of rotatable bonds is 14. The van der Waals surface area contributed by atoms with Gasteiger partial charge in [-0.15, -0.1) is 11.3 Å². The standard InChI is InChI=1S/C29H33N5O5S2/c1-5-29(2,3)41(35,36)15-14-38-20-34-13-11-24-26(32-19-33-27(24)34)25-16-31-28(40-25)22(10-12-30)18-39-17-21-6-8-23(37-4)9-7-21/h6-11,13,16,19H,5,14-15,17-18,20H2,1-4H3. The number of sulfone groups is 1. The topological polar surface area (TPSA) is 129 Å². The van der Waals surface area contributed by atoms with E-state index in [1.54, 1.807) is 27.2 Å². The highest BCUT2D eigenvalue weighted by Gasteiger charge is 2.31. The maximum Gasteiger partial charge on any atom is 0.157 e. The summed E-state index contributed by atoms with van der Waals surface area (Å²) < 4.78 is 42.9. The number of thiazole rings is 1. The van der Waals surface area contributed by atoms with Gasteiger partial charge in [-0.1, -0.05) is 19.1 Å². The summed E-state index contributed by atoms with van der Waals surface area (Å²) in [5.41, 5.74) is 3.04. The zero-order chi connectivity index (χ0) is 29.5. The van der Waals surface area contributed by atoms with Crippen LogP contribution in [0.4, 0.5) is 0 Å². The smallest absolute Gasteiger partial charge is 0.157 e. The fourth-order valence-electron chi connectivity index (χ4n) is 3.91. The predicted molar refractivity (Wildman–Crippen MR) is 159 cm³/mol. The first kappa shape index (κ1) is 30.3. The lowest BCUT2D eigenvalue weighted by Crippen LogP contribution is -2.34. The Labute approximate surface area is 244 Å². The Bertz CT molecular complexity index is 1650. The third-order valence-electron chi connectivity index (χ3n) is 6.91. The summed E-state index contributed by atoms with van der Waals surface area (Å²) in [5.74, 6) is 0.733. The van der Waals surface area contributed by atoms with Crippen molar-refractivity contribution in [3.05, 3.63) is 65.7 Å². The van der Waals surface area contributed by atoms with Crippen LogP contribution in [-0.4, -0.2) is 58.8 Å². The zero-order valence-corrected chi connectivity index (χ0v) is 25.2. The quantitative estimate of drug-likeness (QED) is 0.141. The number of nitriles is 1. The molecule has 0 amide bonds. The third kappa shape index (κ3) is 7.18. The maximum atomic E-state index is 12.5. The van der Waals surface area contributed by atoms with Crippen molar-refractivity contribution in [2.75, 3.05) is 26.1 Å². The van der Waals surface area contributed by atoms with Gasteiger partial charge in [0.15, 0.2) is 9.84 Å². The number of fused-ring (bicyclic) bond motifs is 1. The summed E-state index contributed by atoms with van der Waals surface area (Å²) >= 11 is 1.41. The van der Waals surface area contributed by atoms with Gasteiger partial charge in [-0.25, -0.2) is 23.4 Å². The average Bonchev–Trinajstić information content (AvgIpc) is 3.63. The van der Waals surface area contributed by atoms with Crippen molar-refractivity contribution >= 4 is 37.8 Å². The maximum absolute atomic E-state index is 12.5. The Hall–Kier alpha value is -3.63. The molecule has 0 radical (unpaired) electrons. The lowest BCUT2D eigenvalue weighted by Gasteiger charge is -2.22. The largest absolute Gasteiger partial charge is 0.497 e. The monoisotopic (exact) mass is 595 g/mol. The second kappa shape index (κ2) is 13.4. The highest BCUT2D eigenvalue weighted by Crippen LogP contribution is 2.33. The van der Waals surface area contributed by atoms with Crippen LogP contribution >= 0.6 is 11.3 Å². The molecule has 0 atom stereocenters. The summed E-state index contributed by atoms with van der Waals surface area (Å²) in [4.78, 5) is 14.3. The summed E-state index contributed by atoms with van der Waals surface area (Å²) in [5, 5.41) is 10.8. The SMILES string of the molecule is CCC(C)(C)S(=O)(=O)CCOCn1ccc2c(-c3cnc(C(=CC#N)COCc4ccc(OC)cc4)s3)ncnc21. The van der Waals surface area contributed by atoms with Crippen molar-refractivity contribution in [1.29, 1.82) is 5.26 Å². The number of methoxy groups -OCH3 is 1. The van der Waals surface area contributed by atoms with E-state index >= 15 is 0 Å². The van der Waals surface area contributed by atoms with E-state index in [0.717, 1.165) is 21.6 Å². The molecule has 0 spiro atoms. The molecule has 0 saturated heterocycles. The van der Waals surface area contributed by atoms with Crippen molar-refractivity contribution in [2.24, 2.45) is 0 Å². The van der Waals surface area contributed by atoms with E-state index in [4.69, 9.17) is 14.2 Å². The van der Waals surface area contributed by atoms with Gasteiger partial charge in [0, 0.05) is 29.4 Å². The fourth-order valence-corrected chi connectivity index (χ4v) is 6.16. The Kier molecular flexibility index (Phi) is 9.88. The number of hydrogen-bond donors (Lipinski definition) is 0. The zero-order valence-electron chi connectivity index (χ0n) is 23.5. The molecule has 12 heteroatoms. The molecule has 4 aromatic rings. The van der Waals surface area contributed by atoms with Crippen LogP contribution in [0.3, 0.4) is 0 Å². The minimum Gasteiger partial charge on any atom is -0.497 e. The van der Waals surface area contributed by atoms with Crippen molar-refractivity contribution < 1.29 is 22.6 Å². The van der Waals surface area contributed by atoms with E-state index in [1.807, 2.05) is 48.0 Å². The molecule has 0 saturated carbocycles. The molecule has 216 valence electrons. The van der Waals surface area contributed by atoms with Crippen LogP contribution in [0, 0.1) is 11.3 Å². The van der Waals surface area contributed by atoms with Gasteiger partial charge < -0.3 is 18.8 Å². The fraction of sp³-hybridized carbons (Fsp3) is 0.379. The number of aromatic nitrogens is 4. The number of allylic oxidation sites excluding steroid dienone is 1. The van der Waals surface area contributed by atoms with Crippen LogP contribution in [0.1, 0.15) is 37.8 Å². The van der Waals surface area contributed by atoms with E-state index < -0.39 is 14.6 Å². The van der Waals surface area contributed by atoms with Gasteiger partial charge in [-0.05, 0) is 44.0 Å². The molecule has 3 aromatic heterocycles. The lowest BCUT2D eigenvalue weighted by molar-refractivity contribution is 0.0916. The van der Waals surface area contributed by atoms with E-state index in [9.17, 15) is 13.7 Å². The van der Waals surface area contributed by atoms with Crippen molar-refractivity contribution in [1.82, 2.24) is 19.5 Å². The van der Waals surface area contributed by atoms with E-state index in [2.05, 4.69) is 21.0 Å². The summed E-state index contributed by atoms with van der Waals surface area (Å²) in [6.45, 7) is 6.21. The van der Waals surface area contributed by atoms with Crippen molar-refractivity contribution in [2.45, 2.75) is 45.3 Å². The molecule has 41 heavy (non-hydrogen) atoms. The number of hydrogen-bond acceptors (Lipinski definition) is 10. The number of ether oxygens (including phenoxy) is 3. The van der Waals surface area contributed by atoms with Crippen molar-refractivity contribution in [3.8, 4) is 22.4 Å². The highest BCUT2D eigenvalue weighted by atomic mass is 32.2. The Morgan fingerprint density at radius 3 is 2.63 bits per heavy atom. The first-order valence-electron chi connectivity index (χ1n) is 13.0. The molecule has 0 N–H and O–H groups in total. The molecule has 4 rings (SSSR count). The Balaban J connectivity index is 1.42. The van der Waals surface area contributed by atoms with Gasteiger partial charge >= 0.3 is 0 Å². The van der Waals surface area contributed by atoms with Gasteiger partial charge in [-0.2, -0.15) is 5.26 Å². The minimum atomic E-state index is -3.27. The van der Waals surface area contributed by atoms with Gasteiger partial charge in [0.25, 0.3) is 0 Å². The predicted octanol–water partition coefficient (Wildman–Crippen LogP) is 5.26. The van der Waals surface area contributed by atoms with Gasteiger partial charge in [0.1, 0.15) is 29.5 Å². The molecule has 1 aromatic carbocycles. The van der Waals surface area contributed by atoms with E-state index in [1.165, 1.54) is 23.7 Å². The van der Waals surface area contributed by atoms with Crippen LogP contribution < -0.4 is 4.74 Å². The minimum absolute atomic E-state index is 0.0424. The number of benzene rings is 1. The Morgan fingerprint density at radius 2 is 1.93 bits per heavy atom. The second-order valence-electron chi connectivity index (χ2n) is 9.88. The van der Waals surface area contributed by atoms with Crippen LogP contribution in [-0.2, 0) is 32.6 Å².